The molecule has 0 amide bonds. The molecule has 0 bridgehead atoms. The molecular formula is C18H16FN3O2S. The van der Waals surface area contributed by atoms with Crippen LogP contribution >= 0.6 is 0 Å². The maximum Gasteiger partial charge on any atom is 0.240 e. The second-order valence-electron chi connectivity index (χ2n) is 5.54. The molecule has 0 saturated carbocycles. The van der Waals surface area contributed by atoms with E-state index in [0.717, 1.165) is 11.1 Å². The van der Waals surface area contributed by atoms with E-state index in [1.165, 1.54) is 18.5 Å². The molecule has 2 aromatic carbocycles. The van der Waals surface area contributed by atoms with Gasteiger partial charge in [0.05, 0.1) is 22.8 Å². The molecule has 5 nitrogen and oxygen atoms in total. The molecule has 3 aromatic rings. The van der Waals surface area contributed by atoms with Crippen LogP contribution in [0.3, 0.4) is 0 Å². The normalized spacial score (nSPS) is 11.4. The van der Waals surface area contributed by atoms with E-state index >= 15 is 0 Å². The second-order valence-corrected chi connectivity index (χ2v) is 7.31. The van der Waals surface area contributed by atoms with Crippen molar-refractivity contribution in [2.45, 2.75) is 18.4 Å². The van der Waals surface area contributed by atoms with Crippen LogP contribution in [0.15, 0.2) is 65.8 Å². The van der Waals surface area contributed by atoms with Crippen LogP contribution in [-0.4, -0.2) is 18.4 Å². The van der Waals surface area contributed by atoms with Crippen molar-refractivity contribution in [1.82, 2.24) is 14.7 Å². The zero-order valence-corrected chi connectivity index (χ0v) is 14.3. The van der Waals surface area contributed by atoms with Crippen molar-refractivity contribution in [2.24, 2.45) is 0 Å². The Hall–Kier alpha value is -2.64. The van der Waals surface area contributed by atoms with Gasteiger partial charge in [-0.2, -0.15) is 0 Å². The van der Waals surface area contributed by atoms with Crippen LogP contribution in [-0.2, 0) is 16.6 Å². The molecular weight excluding hydrogens is 341 g/mol. The summed E-state index contributed by atoms with van der Waals surface area (Å²) in [6.07, 6.45) is 1.36. The van der Waals surface area contributed by atoms with Crippen molar-refractivity contribution in [2.75, 3.05) is 0 Å². The number of halogens is 1. The highest BCUT2D eigenvalue weighted by Gasteiger charge is 2.14. The van der Waals surface area contributed by atoms with Crippen molar-refractivity contribution in [3.63, 3.8) is 0 Å². The lowest BCUT2D eigenvalue weighted by Gasteiger charge is -2.08. The molecule has 25 heavy (non-hydrogen) atoms. The largest absolute Gasteiger partial charge is 0.240 e. The summed E-state index contributed by atoms with van der Waals surface area (Å²) in [5.74, 6) is -0.330. The average molecular weight is 357 g/mol. The highest BCUT2D eigenvalue weighted by Crippen LogP contribution is 2.17. The number of aryl methyl sites for hydroxylation is 1. The quantitative estimate of drug-likeness (QED) is 0.762. The Balaban J connectivity index is 1.76. The lowest BCUT2D eigenvalue weighted by Crippen LogP contribution is -2.23. The van der Waals surface area contributed by atoms with Crippen LogP contribution in [0, 0.1) is 12.7 Å². The van der Waals surface area contributed by atoms with Gasteiger partial charge in [-0.15, -0.1) is 0 Å². The first-order chi connectivity index (χ1) is 11.9. The highest BCUT2D eigenvalue weighted by molar-refractivity contribution is 7.89. The van der Waals surface area contributed by atoms with Gasteiger partial charge < -0.3 is 0 Å². The molecule has 0 aliphatic carbocycles. The summed E-state index contributed by atoms with van der Waals surface area (Å²) < 4.78 is 40.2. The fraction of sp³-hybridized carbons (Fsp3) is 0.111. The first-order valence-electron chi connectivity index (χ1n) is 7.57. The molecule has 0 fully saturated rings. The van der Waals surface area contributed by atoms with Crippen LogP contribution in [0.1, 0.15) is 11.3 Å². The summed E-state index contributed by atoms with van der Waals surface area (Å²) in [6, 6.07) is 14.2. The van der Waals surface area contributed by atoms with E-state index in [2.05, 4.69) is 14.7 Å². The molecule has 0 unspecified atom stereocenters. The third-order valence-electron chi connectivity index (χ3n) is 3.64. The molecule has 0 aliphatic heterocycles. The Labute approximate surface area is 145 Å². The van der Waals surface area contributed by atoms with Crippen LogP contribution in [0.5, 0.6) is 0 Å². The zero-order valence-electron chi connectivity index (χ0n) is 13.5. The number of hydrogen-bond donors (Lipinski definition) is 1. The highest BCUT2D eigenvalue weighted by atomic mass is 32.2. The van der Waals surface area contributed by atoms with Gasteiger partial charge >= 0.3 is 0 Å². The Kier molecular flexibility index (Phi) is 4.87. The van der Waals surface area contributed by atoms with Crippen molar-refractivity contribution >= 4 is 10.0 Å². The third-order valence-corrected chi connectivity index (χ3v) is 5.06. The number of nitrogens with one attached hydrogen (secondary N) is 1. The van der Waals surface area contributed by atoms with Gasteiger partial charge in [0.1, 0.15) is 12.1 Å². The third kappa shape index (κ3) is 4.26. The van der Waals surface area contributed by atoms with E-state index in [-0.39, 0.29) is 17.3 Å². The van der Waals surface area contributed by atoms with Crippen LogP contribution in [0.4, 0.5) is 4.39 Å². The number of rotatable bonds is 5. The summed E-state index contributed by atoms with van der Waals surface area (Å²) in [7, 11) is -3.62. The summed E-state index contributed by atoms with van der Waals surface area (Å²) >= 11 is 0. The fourth-order valence-electron chi connectivity index (χ4n) is 2.24. The first-order valence-corrected chi connectivity index (χ1v) is 9.05. The molecule has 0 saturated heterocycles. The molecule has 0 spiro atoms. The molecule has 7 heteroatoms. The molecule has 128 valence electrons. The monoisotopic (exact) mass is 357 g/mol. The summed E-state index contributed by atoms with van der Waals surface area (Å²) in [6.45, 7) is 1.93. The van der Waals surface area contributed by atoms with Crippen LogP contribution < -0.4 is 4.72 Å². The van der Waals surface area contributed by atoms with Gasteiger partial charge in [0, 0.05) is 5.56 Å². The standard InChI is InChI=1S/C18H16FN3O2S/c1-13-2-8-17(9-3-13)25(23,24)22-11-16-10-18(21-12-20-16)14-4-6-15(19)7-5-14/h2-10,12,22H,11H2,1H3. The topological polar surface area (TPSA) is 72.0 Å². The van der Waals surface area contributed by atoms with Crippen LogP contribution in [0.25, 0.3) is 11.3 Å². The number of sulfonamides is 1. The Bertz CT molecular complexity index is 972. The SMILES string of the molecule is Cc1ccc(S(=O)(=O)NCc2cc(-c3ccc(F)cc3)ncn2)cc1. The maximum absolute atomic E-state index is 13.0. The van der Waals surface area contributed by atoms with Gasteiger partial charge in [-0.05, 0) is 49.4 Å². The predicted molar refractivity (Wildman–Crippen MR) is 92.6 cm³/mol. The lowest BCUT2D eigenvalue weighted by molar-refractivity contribution is 0.580. The fourth-order valence-corrected chi connectivity index (χ4v) is 3.24. The van der Waals surface area contributed by atoms with Gasteiger partial charge in [-0.3, -0.25) is 0 Å². The van der Waals surface area contributed by atoms with Crippen LogP contribution in [0.2, 0.25) is 0 Å². The minimum Gasteiger partial charge on any atom is -0.240 e. The number of nitrogens with zero attached hydrogens (tertiary/aromatic N) is 2. The van der Waals surface area contributed by atoms with E-state index < -0.39 is 10.0 Å². The molecule has 0 radical (unpaired) electrons. The van der Waals surface area contributed by atoms with Crippen molar-refractivity contribution in [3.8, 4) is 11.3 Å². The molecule has 1 N–H and O–H groups in total. The van der Waals surface area contributed by atoms with Crippen molar-refractivity contribution < 1.29 is 12.8 Å². The van der Waals surface area contributed by atoms with Gasteiger partial charge in [-0.1, -0.05) is 17.7 Å². The van der Waals surface area contributed by atoms with E-state index in [0.29, 0.717) is 11.4 Å². The average Bonchev–Trinajstić information content (AvgIpc) is 2.61. The molecule has 0 aliphatic rings. The maximum atomic E-state index is 13.0. The molecule has 1 aromatic heterocycles. The minimum absolute atomic E-state index is 0.0346. The van der Waals surface area contributed by atoms with E-state index in [9.17, 15) is 12.8 Å². The number of aromatic nitrogens is 2. The lowest BCUT2D eigenvalue weighted by atomic mass is 10.1. The van der Waals surface area contributed by atoms with Crippen molar-refractivity contribution in [1.29, 1.82) is 0 Å². The smallest absolute Gasteiger partial charge is 0.240 e. The Morgan fingerprint density at radius 3 is 2.36 bits per heavy atom. The van der Waals surface area contributed by atoms with E-state index in [1.807, 2.05) is 6.92 Å². The summed E-state index contributed by atoms with van der Waals surface area (Å²) in [5, 5.41) is 0. The second kappa shape index (κ2) is 7.08. The minimum atomic E-state index is -3.62. The van der Waals surface area contributed by atoms with Gasteiger partial charge in [0.25, 0.3) is 0 Å². The first kappa shape index (κ1) is 17.2. The molecule has 0 atom stereocenters. The molecule has 1 heterocycles. The number of hydrogen-bond acceptors (Lipinski definition) is 4. The number of benzene rings is 2. The Morgan fingerprint density at radius 1 is 1.00 bits per heavy atom. The zero-order chi connectivity index (χ0) is 17.9. The summed E-state index contributed by atoms with van der Waals surface area (Å²) in [4.78, 5) is 8.42. The van der Waals surface area contributed by atoms with Gasteiger partial charge in [-0.25, -0.2) is 27.5 Å². The van der Waals surface area contributed by atoms with Gasteiger partial charge in [0.15, 0.2) is 0 Å². The Morgan fingerprint density at radius 2 is 1.68 bits per heavy atom. The summed E-state index contributed by atoms with van der Waals surface area (Å²) in [5.41, 5.74) is 2.83. The van der Waals surface area contributed by atoms with Gasteiger partial charge in [0.2, 0.25) is 10.0 Å². The van der Waals surface area contributed by atoms with E-state index in [4.69, 9.17) is 0 Å². The predicted octanol–water partition coefficient (Wildman–Crippen LogP) is 3.07. The van der Waals surface area contributed by atoms with E-state index in [1.54, 1.807) is 42.5 Å². The van der Waals surface area contributed by atoms with Crippen molar-refractivity contribution in [3.05, 3.63) is 78.0 Å². The molecule has 3 rings (SSSR count).